The molecule has 4 rings (SSSR count). The van der Waals surface area contributed by atoms with E-state index in [1.54, 1.807) is 36.3 Å². The molecule has 8 nitrogen and oxygen atoms in total. The smallest absolute Gasteiger partial charge is 0.276 e. The van der Waals surface area contributed by atoms with E-state index in [1.807, 2.05) is 30.3 Å². The Morgan fingerprint density at radius 3 is 2.26 bits per heavy atom. The van der Waals surface area contributed by atoms with Gasteiger partial charge in [-0.2, -0.15) is 0 Å². The first-order chi connectivity index (χ1) is 15.2. The van der Waals surface area contributed by atoms with Crippen LogP contribution in [0.2, 0.25) is 0 Å². The van der Waals surface area contributed by atoms with Gasteiger partial charge in [0.2, 0.25) is 0 Å². The molecule has 0 aliphatic carbocycles. The summed E-state index contributed by atoms with van der Waals surface area (Å²) in [6.07, 6.45) is 2.91. The SMILES string of the molecule is COc1ccc(N2CCN(C(=O)c3nccnc3NC(=O)c3ccccc3)CC2)cc1. The summed E-state index contributed by atoms with van der Waals surface area (Å²) < 4.78 is 5.21. The lowest BCUT2D eigenvalue weighted by Crippen LogP contribution is -2.49. The molecule has 0 unspecified atom stereocenters. The number of carbonyl (C=O) groups excluding carboxylic acids is 2. The van der Waals surface area contributed by atoms with Gasteiger partial charge >= 0.3 is 0 Å². The molecule has 1 N–H and O–H groups in total. The summed E-state index contributed by atoms with van der Waals surface area (Å²) in [7, 11) is 1.64. The Kier molecular flexibility index (Phi) is 6.07. The molecular weight excluding hydrogens is 394 g/mol. The van der Waals surface area contributed by atoms with Gasteiger partial charge in [-0.1, -0.05) is 18.2 Å². The first-order valence-corrected chi connectivity index (χ1v) is 10.0. The molecule has 3 aromatic rings. The molecule has 0 saturated carbocycles. The second-order valence-corrected chi connectivity index (χ2v) is 7.05. The summed E-state index contributed by atoms with van der Waals surface area (Å²) in [6.45, 7) is 2.50. The zero-order chi connectivity index (χ0) is 21.6. The van der Waals surface area contributed by atoms with E-state index in [2.05, 4.69) is 20.2 Å². The maximum atomic E-state index is 13.1. The average Bonchev–Trinajstić information content (AvgIpc) is 2.84. The molecule has 1 aromatic heterocycles. The topological polar surface area (TPSA) is 87.7 Å². The fraction of sp³-hybridized carbons (Fsp3) is 0.217. The summed E-state index contributed by atoms with van der Waals surface area (Å²) in [5, 5.41) is 2.71. The molecule has 0 atom stereocenters. The van der Waals surface area contributed by atoms with Crippen LogP contribution in [0, 0.1) is 0 Å². The Bertz CT molecular complexity index is 1050. The van der Waals surface area contributed by atoms with E-state index in [9.17, 15) is 9.59 Å². The molecule has 1 fully saturated rings. The van der Waals surface area contributed by atoms with Gasteiger partial charge in [0.05, 0.1) is 7.11 Å². The maximum absolute atomic E-state index is 13.1. The molecule has 1 saturated heterocycles. The predicted molar refractivity (Wildman–Crippen MR) is 118 cm³/mol. The molecule has 31 heavy (non-hydrogen) atoms. The zero-order valence-corrected chi connectivity index (χ0v) is 17.2. The van der Waals surface area contributed by atoms with Crippen LogP contribution in [0.25, 0.3) is 0 Å². The van der Waals surface area contributed by atoms with Gasteiger partial charge in [-0.25, -0.2) is 9.97 Å². The van der Waals surface area contributed by atoms with Gasteiger partial charge in [0.15, 0.2) is 11.5 Å². The standard InChI is InChI=1S/C23H23N5O3/c1-31-19-9-7-18(8-10-19)27-13-15-28(16-14-27)23(30)20-21(25-12-11-24-20)26-22(29)17-5-3-2-4-6-17/h2-12H,13-16H2,1H3,(H,25,26,29). The molecule has 8 heteroatoms. The number of nitrogens with one attached hydrogen (secondary N) is 1. The number of rotatable bonds is 5. The number of nitrogens with zero attached hydrogens (tertiary/aromatic N) is 4. The van der Waals surface area contributed by atoms with Crippen molar-refractivity contribution < 1.29 is 14.3 Å². The van der Waals surface area contributed by atoms with E-state index in [-0.39, 0.29) is 23.3 Å². The Labute approximate surface area is 180 Å². The third-order valence-corrected chi connectivity index (χ3v) is 5.17. The van der Waals surface area contributed by atoms with Crippen LogP contribution in [0.5, 0.6) is 5.75 Å². The molecule has 0 spiro atoms. The van der Waals surface area contributed by atoms with Crippen LogP contribution in [0.15, 0.2) is 67.0 Å². The van der Waals surface area contributed by atoms with Gasteiger partial charge in [0, 0.05) is 49.8 Å². The van der Waals surface area contributed by atoms with Gasteiger partial charge in [-0.3, -0.25) is 9.59 Å². The van der Waals surface area contributed by atoms with Crippen LogP contribution in [-0.4, -0.2) is 60.0 Å². The highest BCUT2D eigenvalue weighted by Crippen LogP contribution is 2.21. The van der Waals surface area contributed by atoms with Crippen molar-refractivity contribution in [3.8, 4) is 5.75 Å². The summed E-state index contributed by atoms with van der Waals surface area (Å²) >= 11 is 0. The Morgan fingerprint density at radius 2 is 1.58 bits per heavy atom. The lowest BCUT2D eigenvalue weighted by atomic mass is 10.2. The first kappa shape index (κ1) is 20.3. The Balaban J connectivity index is 1.42. The first-order valence-electron chi connectivity index (χ1n) is 10.0. The number of hydrogen-bond acceptors (Lipinski definition) is 6. The van der Waals surface area contributed by atoms with E-state index < -0.39 is 0 Å². The fourth-order valence-corrected chi connectivity index (χ4v) is 3.47. The van der Waals surface area contributed by atoms with Gasteiger partial charge in [0.25, 0.3) is 11.8 Å². The van der Waals surface area contributed by atoms with E-state index in [0.29, 0.717) is 31.7 Å². The number of aromatic nitrogens is 2. The number of methoxy groups -OCH3 is 1. The molecule has 2 heterocycles. The van der Waals surface area contributed by atoms with Crippen LogP contribution in [-0.2, 0) is 0 Å². The quantitative estimate of drug-likeness (QED) is 0.687. The number of anilines is 2. The van der Waals surface area contributed by atoms with Crippen LogP contribution in [0.4, 0.5) is 11.5 Å². The van der Waals surface area contributed by atoms with Crippen molar-refractivity contribution in [2.45, 2.75) is 0 Å². The molecule has 2 amide bonds. The highest BCUT2D eigenvalue weighted by Gasteiger charge is 2.26. The number of amides is 2. The van der Waals surface area contributed by atoms with E-state index >= 15 is 0 Å². The van der Waals surface area contributed by atoms with Crippen molar-refractivity contribution in [3.63, 3.8) is 0 Å². The van der Waals surface area contributed by atoms with Crippen LogP contribution in [0.3, 0.4) is 0 Å². The molecule has 158 valence electrons. The van der Waals surface area contributed by atoms with Crippen LogP contribution < -0.4 is 15.0 Å². The monoisotopic (exact) mass is 417 g/mol. The molecular formula is C23H23N5O3. The van der Waals surface area contributed by atoms with Crippen molar-refractivity contribution in [1.29, 1.82) is 0 Å². The lowest BCUT2D eigenvalue weighted by molar-refractivity contribution is 0.0741. The van der Waals surface area contributed by atoms with Gasteiger partial charge < -0.3 is 19.9 Å². The predicted octanol–water partition coefficient (Wildman–Crippen LogP) is 2.70. The minimum absolute atomic E-state index is 0.143. The van der Waals surface area contributed by atoms with E-state index in [4.69, 9.17) is 4.74 Å². The molecule has 1 aliphatic heterocycles. The summed E-state index contributed by atoms with van der Waals surface area (Å²) in [5.74, 6) is 0.398. The van der Waals surface area contributed by atoms with Crippen LogP contribution in [0.1, 0.15) is 20.8 Å². The second kappa shape index (κ2) is 9.25. The minimum Gasteiger partial charge on any atom is -0.497 e. The largest absolute Gasteiger partial charge is 0.497 e. The average molecular weight is 417 g/mol. The van der Waals surface area contributed by atoms with Crippen molar-refractivity contribution in [2.24, 2.45) is 0 Å². The number of piperazine rings is 1. The minimum atomic E-state index is -0.334. The third kappa shape index (κ3) is 4.63. The van der Waals surface area contributed by atoms with Gasteiger partial charge in [-0.05, 0) is 36.4 Å². The normalized spacial score (nSPS) is 13.6. The summed E-state index contributed by atoms with van der Waals surface area (Å²) in [6, 6.07) is 16.7. The molecule has 0 bridgehead atoms. The fourth-order valence-electron chi connectivity index (χ4n) is 3.47. The number of benzene rings is 2. The number of ether oxygens (including phenoxy) is 1. The van der Waals surface area contributed by atoms with Crippen molar-refractivity contribution in [3.05, 3.63) is 78.2 Å². The van der Waals surface area contributed by atoms with Crippen molar-refractivity contribution in [1.82, 2.24) is 14.9 Å². The summed E-state index contributed by atoms with van der Waals surface area (Å²) in [5.41, 5.74) is 1.72. The number of hydrogen-bond donors (Lipinski definition) is 1. The molecule has 1 aliphatic rings. The third-order valence-electron chi connectivity index (χ3n) is 5.17. The van der Waals surface area contributed by atoms with E-state index in [0.717, 1.165) is 11.4 Å². The van der Waals surface area contributed by atoms with Crippen LogP contribution >= 0.6 is 0 Å². The zero-order valence-electron chi connectivity index (χ0n) is 17.2. The Morgan fingerprint density at radius 1 is 0.903 bits per heavy atom. The molecule has 2 aromatic carbocycles. The second-order valence-electron chi connectivity index (χ2n) is 7.05. The highest BCUT2D eigenvalue weighted by molar-refractivity contribution is 6.07. The highest BCUT2D eigenvalue weighted by atomic mass is 16.5. The van der Waals surface area contributed by atoms with Crippen molar-refractivity contribution in [2.75, 3.05) is 43.5 Å². The Hall–Kier alpha value is -3.94. The van der Waals surface area contributed by atoms with Gasteiger partial charge in [-0.15, -0.1) is 0 Å². The van der Waals surface area contributed by atoms with Gasteiger partial charge in [0.1, 0.15) is 5.75 Å². The number of carbonyl (C=O) groups is 2. The summed E-state index contributed by atoms with van der Waals surface area (Å²) in [4.78, 5) is 37.9. The molecule has 0 radical (unpaired) electrons. The maximum Gasteiger partial charge on any atom is 0.276 e. The lowest BCUT2D eigenvalue weighted by Gasteiger charge is -2.36. The van der Waals surface area contributed by atoms with E-state index in [1.165, 1.54) is 12.4 Å². The van der Waals surface area contributed by atoms with Crippen molar-refractivity contribution >= 4 is 23.3 Å².